The molecule has 0 saturated heterocycles. The lowest BCUT2D eigenvalue weighted by atomic mass is 10.1. The smallest absolute Gasteiger partial charge is 0.337 e. The van der Waals surface area contributed by atoms with E-state index in [1.807, 2.05) is 36.4 Å². The molecule has 0 aromatic heterocycles. The SMILES string of the molecule is CC(CCc1ccccc1)S(=O)(=O)c1ccc(C(=O)Nc2ccc(C#N)cc2C(=O)O)cc1. The lowest BCUT2D eigenvalue weighted by Gasteiger charge is -2.14. The van der Waals surface area contributed by atoms with Gasteiger partial charge < -0.3 is 10.4 Å². The highest BCUT2D eigenvalue weighted by molar-refractivity contribution is 7.92. The Balaban J connectivity index is 1.72. The molecule has 8 heteroatoms. The molecular formula is C25H22N2O5S. The summed E-state index contributed by atoms with van der Waals surface area (Å²) in [5, 5.41) is 20.2. The van der Waals surface area contributed by atoms with Crippen LogP contribution < -0.4 is 5.32 Å². The fourth-order valence-corrected chi connectivity index (χ4v) is 4.70. The first-order valence-electron chi connectivity index (χ1n) is 10.2. The zero-order valence-electron chi connectivity index (χ0n) is 17.9. The van der Waals surface area contributed by atoms with Gasteiger partial charge in [-0.05, 0) is 67.8 Å². The lowest BCUT2D eigenvalue weighted by molar-refractivity contribution is 0.0698. The van der Waals surface area contributed by atoms with Crippen molar-refractivity contribution in [2.24, 2.45) is 0 Å². The Labute approximate surface area is 192 Å². The first-order chi connectivity index (χ1) is 15.7. The van der Waals surface area contributed by atoms with Crippen molar-refractivity contribution < 1.29 is 23.1 Å². The first-order valence-corrected chi connectivity index (χ1v) is 11.7. The number of anilines is 1. The van der Waals surface area contributed by atoms with Crippen LogP contribution in [0.4, 0.5) is 5.69 Å². The molecule has 0 aliphatic rings. The molecule has 1 unspecified atom stereocenters. The predicted octanol–water partition coefficient (Wildman–Crippen LogP) is 4.30. The average molecular weight is 463 g/mol. The third kappa shape index (κ3) is 5.64. The van der Waals surface area contributed by atoms with Crippen LogP contribution in [0, 0.1) is 11.3 Å². The number of rotatable bonds is 8. The van der Waals surface area contributed by atoms with Crippen molar-refractivity contribution in [3.63, 3.8) is 0 Å². The van der Waals surface area contributed by atoms with Crippen LogP contribution in [0.2, 0.25) is 0 Å². The molecule has 0 fully saturated rings. The largest absolute Gasteiger partial charge is 0.478 e. The van der Waals surface area contributed by atoms with Crippen molar-refractivity contribution in [3.05, 3.63) is 95.1 Å². The molecule has 168 valence electrons. The van der Waals surface area contributed by atoms with E-state index in [0.29, 0.717) is 12.8 Å². The zero-order valence-corrected chi connectivity index (χ0v) is 18.7. The number of aromatic carboxylic acids is 1. The molecule has 2 N–H and O–H groups in total. The predicted molar refractivity (Wildman–Crippen MR) is 124 cm³/mol. The first kappa shape index (κ1) is 23.7. The van der Waals surface area contributed by atoms with E-state index >= 15 is 0 Å². The van der Waals surface area contributed by atoms with Crippen LogP contribution in [0.1, 0.15) is 45.2 Å². The Kier molecular flexibility index (Phi) is 7.26. The number of sulfone groups is 1. The summed E-state index contributed by atoms with van der Waals surface area (Å²) in [6, 6.07) is 20.9. The monoisotopic (exact) mass is 462 g/mol. The second-order valence-electron chi connectivity index (χ2n) is 7.54. The Morgan fingerprint density at radius 2 is 1.70 bits per heavy atom. The Morgan fingerprint density at radius 3 is 2.30 bits per heavy atom. The molecular weight excluding hydrogens is 440 g/mol. The number of hydrogen-bond donors (Lipinski definition) is 2. The molecule has 33 heavy (non-hydrogen) atoms. The van der Waals surface area contributed by atoms with Gasteiger partial charge in [-0.15, -0.1) is 0 Å². The van der Waals surface area contributed by atoms with Crippen LogP contribution in [0.15, 0.2) is 77.7 Å². The lowest BCUT2D eigenvalue weighted by Crippen LogP contribution is -2.19. The molecule has 0 aliphatic carbocycles. The van der Waals surface area contributed by atoms with Crippen LogP contribution in [0.3, 0.4) is 0 Å². The Morgan fingerprint density at radius 1 is 1.03 bits per heavy atom. The maximum absolute atomic E-state index is 12.9. The molecule has 0 bridgehead atoms. The molecule has 3 aromatic rings. The number of nitriles is 1. The summed E-state index contributed by atoms with van der Waals surface area (Å²) in [7, 11) is -3.58. The van der Waals surface area contributed by atoms with Gasteiger partial charge in [0.2, 0.25) is 0 Å². The number of aryl methyl sites for hydroxylation is 1. The van der Waals surface area contributed by atoms with Crippen molar-refractivity contribution in [1.82, 2.24) is 0 Å². The van der Waals surface area contributed by atoms with E-state index in [4.69, 9.17) is 5.26 Å². The highest BCUT2D eigenvalue weighted by atomic mass is 32.2. The molecule has 0 spiro atoms. The molecule has 0 radical (unpaired) electrons. The maximum atomic E-state index is 12.9. The highest BCUT2D eigenvalue weighted by Gasteiger charge is 2.23. The van der Waals surface area contributed by atoms with E-state index < -0.39 is 27.0 Å². The normalized spacial score (nSPS) is 11.9. The quantitative estimate of drug-likeness (QED) is 0.514. The molecule has 3 aromatic carbocycles. The van der Waals surface area contributed by atoms with Crippen LogP contribution in [-0.4, -0.2) is 30.7 Å². The molecule has 3 rings (SSSR count). The number of carboxylic acid groups (broad SMARTS) is 1. The fourth-order valence-electron chi connectivity index (χ4n) is 3.29. The van der Waals surface area contributed by atoms with E-state index in [1.54, 1.807) is 6.92 Å². The molecule has 0 aliphatic heterocycles. The number of carboxylic acids is 1. The second-order valence-corrected chi connectivity index (χ2v) is 9.90. The minimum atomic E-state index is -3.58. The zero-order chi connectivity index (χ0) is 24.0. The van der Waals surface area contributed by atoms with Crippen molar-refractivity contribution in [2.45, 2.75) is 29.9 Å². The third-order valence-electron chi connectivity index (χ3n) is 5.28. The number of carbonyl (C=O) groups excluding carboxylic acids is 1. The van der Waals surface area contributed by atoms with Crippen molar-refractivity contribution in [3.8, 4) is 6.07 Å². The summed E-state index contributed by atoms with van der Waals surface area (Å²) in [6.07, 6.45) is 1.10. The van der Waals surface area contributed by atoms with Gasteiger partial charge in [0.1, 0.15) is 0 Å². The van der Waals surface area contributed by atoms with E-state index in [-0.39, 0.29) is 27.3 Å². The molecule has 0 heterocycles. The van der Waals surface area contributed by atoms with Gasteiger partial charge in [-0.25, -0.2) is 13.2 Å². The molecule has 7 nitrogen and oxygen atoms in total. The molecule has 1 amide bonds. The van der Waals surface area contributed by atoms with Crippen LogP contribution in [-0.2, 0) is 16.3 Å². The standard InChI is InChI=1S/C25H22N2O5S/c1-17(7-8-18-5-3-2-4-6-18)33(31,32)21-12-10-20(11-13-21)24(28)27-23-14-9-19(16-26)15-22(23)25(29)30/h2-6,9-15,17H,7-8H2,1H3,(H,27,28)(H,29,30). The van der Waals surface area contributed by atoms with E-state index in [1.165, 1.54) is 42.5 Å². The van der Waals surface area contributed by atoms with Crippen molar-refractivity contribution in [1.29, 1.82) is 5.26 Å². The van der Waals surface area contributed by atoms with E-state index in [2.05, 4.69) is 5.32 Å². The number of amides is 1. The summed E-state index contributed by atoms with van der Waals surface area (Å²) in [5.74, 6) is -1.88. The summed E-state index contributed by atoms with van der Waals surface area (Å²) < 4.78 is 25.8. The van der Waals surface area contributed by atoms with Crippen LogP contribution in [0.5, 0.6) is 0 Å². The van der Waals surface area contributed by atoms with Gasteiger partial charge >= 0.3 is 5.97 Å². The van der Waals surface area contributed by atoms with Gasteiger partial charge in [0.15, 0.2) is 9.84 Å². The molecule has 0 saturated carbocycles. The van der Waals surface area contributed by atoms with Gasteiger partial charge in [-0.3, -0.25) is 4.79 Å². The maximum Gasteiger partial charge on any atom is 0.337 e. The minimum absolute atomic E-state index is 0.0396. The Hall–Kier alpha value is -3.96. The van der Waals surface area contributed by atoms with Gasteiger partial charge in [0.05, 0.1) is 33.0 Å². The highest BCUT2D eigenvalue weighted by Crippen LogP contribution is 2.22. The van der Waals surface area contributed by atoms with Gasteiger partial charge in [-0.1, -0.05) is 30.3 Å². The minimum Gasteiger partial charge on any atom is -0.478 e. The van der Waals surface area contributed by atoms with Crippen molar-refractivity contribution in [2.75, 3.05) is 5.32 Å². The number of carbonyl (C=O) groups is 2. The fraction of sp³-hybridized carbons (Fsp3) is 0.160. The number of hydrogen-bond acceptors (Lipinski definition) is 5. The number of nitrogens with one attached hydrogen (secondary N) is 1. The summed E-state index contributed by atoms with van der Waals surface area (Å²) in [5.41, 5.74) is 1.22. The summed E-state index contributed by atoms with van der Waals surface area (Å²) in [4.78, 5) is 24.1. The topological polar surface area (TPSA) is 124 Å². The third-order valence-corrected chi connectivity index (χ3v) is 7.51. The number of nitrogens with zero attached hydrogens (tertiary/aromatic N) is 1. The van der Waals surface area contributed by atoms with Gasteiger partial charge in [0, 0.05) is 5.56 Å². The second kappa shape index (κ2) is 10.1. The van der Waals surface area contributed by atoms with Gasteiger partial charge in [0.25, 0.3) is 5.91 Å². The number of benzene rings is 3. The van der Waals surface area contributed by atoms with Crippen molar-refractivity contribution >= 4 is 27.4 Å². The molecule has 1 atom stereocenters. The van der Waals surface area contributed by atoms with E-state index in [0.717, 1.165) is 5.56 Å². The van der Waals surface area contributed by atoms with Gasteiger partial charge in [-0.2, -0.15) is 5.26 Å². The summed E-state index contributed by atoms with van der Waals surface area (Å²) in [6.45, 7) is 1.66. The van der Waals surface area contributed by atoms with Crippen LogP contribution in [0.25, 0.3) is 0 Å². The Bertz CT molecular complexity index is 1310. The van der Waals surface area contributed by atoms with Crippen LogP contribution >= 0.6 is 0 Å². The average Bonchev–Trinajstić information content (AvgIpc) is 2.83. The summed E-state index contributed by atoms with van der Waals surface area (Å²) >= 11 is 0. The van der Waals surface area contributed by atoms with E-state index in [9.17, 15) is 23.1 Å².